The van der Waals surface area contributed by atoms with E-state index in [4.69, 9.17) is 4.74 Å². The topological polar surface area (TPSA) is 43.4 Å². The molecule has 0 aliphatic rings. The molecular weight excluding hydrogens is 176 g/mol. The summed E-state index contributed by atoms with van der Waals surface area (Å²) in [4.78, 5) is 21.5. The molecule has 0 amide bonds. The summed E-state index contributed by atoms with van der Waals surface area (Å²) >= 11 is 1.19. The highest BCUT2D eigenvalue weighted by atomic mass is 32.2. The Hall–Kier alpha value is -0.510. The molecule has 70 valence electrons. The number of hydrogen-bond acceptors (Lipinski definition) is 4. The van der Waals surface area contributed by atoms with Crippen LogP contribution in [0.1, 0.15) is 26.7 Å². The Bertz CT molecular complexity index is 156. The van der Waals surface area contributed by atoms with Crippen LogP contribution in [0.4, 0.5) is 0 Å². The normalized spacial score (nSPS) is 9.50. The van der Waals surface area contributed by atoms with Gasteiger partial charge in [-0.3, -0.25) is 9.59 Å². The Morgan fingerprint density at radius 2 is 2.00 bits per heavy atom. The SMILES string of the molecule is CCOC(=O)CCSC(=O)CC. The summed E-state index contributed by atoms with van der Waals surface area (Å²) in [6.07, 6.45) is 0.845. The molecule has 0 aliphatic heterocycles. The van der Waals surface area contributed by atoms with E-state index >= 15 is 0 Å². The van der Waals surface area contributed by atoms with E-state index in [9.17, 15) is 9.59 Å². The quantitative estimate of drug-likeness (QED) is 0.618. The summed E-state index contributed by atoms with van der Waals surface area (Å²) in [5.41, 5.74) is 0. The first-order valence-corrected chi connectivity index (χ1v) is 5.00. The Labute approximate surface area is 76.9 Å². The molecular formula is C8H14O3S. The number of carbonyl (C=O) groups is 2. The molecule has 0 unspecified atom stereocenters. The molecule has 0 heterocycles. The molecule has 0 aromatic rings. The van der Waals surface area contributed by atoms with Crippen molar-refractivity contribution in [2.45, 2.75) is 26.7 Å². The minimum Gasteiger partial charge on any atom is -0.466 e. The van der Waals surface area contributed by atoms with Crippen molar-refractivity contribution in [3.8, 4) is 0 Å². The molecule has 0 fully saturated rings. The maximum atomic E-state index is 10.8. The second-order valence-corrected chi connectivity index (χ2v) is 3.28. The van der Waals surface area contributed by atoms with Gasteiger partial charge in [0.25, 0.3) is 0 Å². The van der Waals surface area contributed by atoms with Gasteiger partial charge in [-0.15, -0.1) is 0 Å². The third-order valence-corrected chi connectivity index (χ3v) is 2.18. The molecule has 0 radical (unpaired) electrons. The van der Waals surface area contributed by atoms with Crippen LogP contribution in [0.25, 0.3) is 0 Å². The van der Waals surface area contributed by atoms with Gasteiger partial charge in [-0.25, -0.2) is 0 Å². The van der Waals surface area contributed by atoms with E-state index in [-0.39, 0.29) is 11.1 Å². The van der Waals surface area contributed by atoms with Crippen LogP contribution in [0.15, 0.2) is 0 Å². The number of esters is 1. The van der Waals surface area contributed by atoms with Crippen LogP contribution in [0.5, 0.6) is 0 Å². The average Bonchev–Trinajstić information content (AvgIpc) is 2.04. The molecule has 0 saturated heterocycles. The van der Waals surface area contributed by atoms with Crippen LogP contribution >= 0.6 is 11.8 Å². The maximum Gasteiger partial charge on any atom is 0.306 e. The summed E-state index contributed by atoms with van der Waals surface area (Å²) in [5.74, 6) is 0.305. The van der Waals surface area contributed by atoms with Crippen molar-refractivity contribution in [1.29, 1.82) is 0 Å². The standard InChI is InChI=1S/C8H14O3S/c1-3-8(10)12-6-5-7(9)11-4-2/h3-6H2,1-2H3. The highest BCUT2D eigenvalue weighted by molar-refractivity contribution is 8.13. The molecule has 0 aromatic carbocycles. The van der Waals surface area contributed by atoms with Crippen molar-refractivity contribution < 1.29 is 14.3 Å². The molecule has 0 N–H and O–H groups in total. The van der Waals surface area contributed by atoms with Crippen LogP contribution < -0.4 is 0 Å². The first-order chi connectivity index (χ1) is 5.70. The molecule has 0 aliphatic carbocycles. The smallest absolute Gasteiger partial charge is 0.306 e. The first kappa shape index (κ1) is 11.5. The zero-order chi connectivity index (χ0) is 9.40. The Balaban J connectivity index is 3.30. The Kier molecular flexibility index (Phi) is 6.85. The summed E-state index contributed by atoms with van der Waals surface area (Å²) < 4.78 is 4.69. The van der Waals surface area contributed by atoms with Crippen molar-refractivity contribution in [1.82, 2.24) is 0 Å². The number of hydrogen-bond donors (Lipinski definition) is 0. The Morgan fingerprint density at radius 1 is 1.33 bits per heavy atom. The summed E-state index contributed by atoms with van der Waals surface area (Å²) in [7, 11) is 0. The van der Waals surface area contributed by atoms with E-state index in [0.717, 1.165) is 0 Å². The molecule has 0 spiro atoms. The molecule has 3 nitrogen and oxygen atoms in total. The van der Waals surface area contributed by atoms with Gasteiger partial charge in [0.05, 0.1) is 13.0 Å². The van der Waals surface area contributed by atoms with Gasteiger partial charge in [0, 0.05) is 12.2 Å². The van der Waals surface area contributed by atoms with E-state index < -0.39 is 0 Å². The lowest BCUT2D eigenvalue weighted by Crippen LogP contribution is -2.05. The molecule has 0 bridgehead atoms. The number of thioether (sulfide) groups is 1. The monoisotopic (exact) mass is 190 g/mol. The second kappa shape index (κ2) is 7.16. The Morgan fingerprint density at radius 3 is 2.50 bits per heavy atom. The van der Waals surface area contributed by atoms with Gasteiger partial charge in [0.2, 0.25) is 0 Å². The average molecular weight is 190 g/mol. The third kappa shape index (κ3) is 6.22. The van der Waals surface area contributed by atoms with Gasteiger partial charge in [0.1, 0.15) is 0 Å². The zero-order valence-corrected chi connectivity index (χ0v) is 8.28. The molecule has 0 aromatic heterocycles. The lowest BCUT2D eigenvalue weighted by molar-refractivity contribution is -0.142. The van der Waals surface area contributed by atoms with Crippen molar-refractivity contribution in [2.75, 3.05) is 12.4 Å². The van der Waals surface area contributed by atoms with Crippen LogP contribution in [-0.4, -0.2) is 23.4 Å². The van der Waals surface area contributed by atoms with Gasteiger partial charge in [0.15, 0.2) is 5.12 Å². The van der Waals surface area contributed by atoms with Gasteiger partial charge in [-0.05, 0) is 6.92 Å². The van der Waals surface area contributed by atoms with E-state index in [0.29, 0.717) is 25.2 Å². The fourth-order valence-electron chi connectivity index (χ4n) is 0.583. The zero-order valence-electron chi connectivity index (χ0n) is 7.46. The maximum absolute atomic E-state index is 10.8. The molecule has 0 rings (SSSR count). The first-order valence-electron chi connectivity index (χ1n) is 4.02. The fourth-order valence-corrected chi connectivity index (χ4v) is 1.28. The highest BCUT2D eigenvalue weighted by Gasteiger charge is 2.03. The second-order valence-electron chi connectivity index (χ2n) is 2.13. The fraction of sp³-hybridized carbons (Fsp3) is 0.750. The molecule has 4 heteroatoms. The summed E-state index contributed by atoms with van der Waals surface area (Å²) in [6, 6.07) is 0. The molecule has 0 saturated carbocycles. The predicted molar refractivity (Wildman–Crippen MR) is 49.0 cm³/mol. The van der Waals surface area contributed by atoms with Gasteiger partial charge in [-0.2, -0.15) is 0 Å². The van der Waals surface area contributed by atoms with E-state index in [1.807, 2.05) is 0 Å². The largest absolute Gasteiger partial charge is 0.466 e. The van der Waals surface area contributed by atoms with E-state index in [1.54, 1.807) is 13.8 Å². The minimum absolute atomic E-state index is 0.124. The van der Waals surface area contributed by atoms with Crippen LogP contribution in [0.3, 0.4) is 0 Å². The van der Waals surface area contributed by atoms with Crippen molar-refractivity contribution in [3.63, 3.8) is 0 Å². The van der Waals surface area contributed by atoms with Crippen LogP contribution in [0.2, 0.25) is 0 Å². The number of rotatable bonds is 5. The summed E-state index contributed by atoms with van der Waals surface area (Å²) in [6.45, 7) is 3.98. The van der Waals surface area contributed by atoms with Gasteiger partial charge >= 0.3 is 5.97 Å². The van der Waals surface area contributed by atoms with E-state index in [2.05, 4.69) is 0 Å². The van der Waals surface area contributed by atoms with Gasteiger partial charge < -0.3 is 4.74 Å². The minimum atomic E-state index is -0.228. The lowest BCUT2D eigenvalue weighted by atomic mass is 10.5. The van der Waals surface area contributed by atoms with Crippen LogP contribution in [-0.2, 0) is 14.3 Å². The van der Waals surface area contributed by atoms with Crippen molar-refractivity contribution in [2.24, 2.45) is 0 Å². The summed E-state index contributed by atoms with van der Waals surface area (Å²) in [5, 5.41) is 0.124. The third-order valence-electron chi connectivity index (χ3n) is 1.16. The van der Waals surface area contributed by atoms with E-state index in [1.165, 1.54) is 11.8 Å². The molecule has 0 atom stereocenters. The number of carbonyl (C=O) groups excluding carboxylic acids is 2. The lowest BCUT2D eigenvalue weighted by Gasteiger charge is -1.99. The van der Waals surface area contributed by atoms with Crippen molar-refractivity contribution >= 4 is 22.8 Å². The number of ether oxygens (including phenoxy) is 1. The van der Waals surface area contributed by atoms with Gasteiger partial charge in [-0.1, -0.05) is 18.7 Å². The predicted octanol–water partition coefficient (Wildman–Crippen LogP) is 1.61. The van der Waals surface area contributed by atoms with Crippen molar-refractivity contribution in [3.05, 3.63) is 0 Å². The molecule has 12 heavy (non-hydrogen) atoms. The van der Waals surface area contributed by atoms with Crippen LogP contribution in [0, 0.1) is 0 Å². The highest BCUT2D eigenvalue weighted by Crippen LogP contribution is 2.06.